The highest BCUT2D eigenvalue weighted by Crippen LogP contribution is 2.35. The van der Waals surface area contributed by atoms with E-state index in [-0.39, 0.29) is 42.0 Å². The summed E-state index contributed by atoms with van der Waals surface area (Å²) < 4.78 is 10.4. The van der Waals surface area contributed by atoms with Crippen molar-refractivity contribution in [2.45, 2.75) is 365 Å². The zero-order chi connectivity index (χ0) is 63.0. The van der Waals surface area contributed by atoms with E-state index in [1.54, 1.807) is 6.92 Å². The highest BCUT2D eigenvalue weighted by molar-refractivity contribution is 5.85. The molecule has 2 saturated heterocycles. The molecule has 8 heteroatoms. The first-order valence-electron chi connectivity index (χ1n) is 35.3. The van der Waals surface area contributed by atoms with Gasteiger partial charge in [0.25, 0.3) is 0 Å². The van der Waals surface area contributed by atoms with E-state index in [2.05, 4.69) is 113 Å². The second-order valence-electron chi connectivity index (χ2n) is 26.9. The number of hydrogen-bond acceptors (Lipinski definition) is 8. The number of carbonyl (C=O) groups excluding carboxylic acids is 5. The summed E-state index contributed by atoms with van der Waals surface area (Å²) in [6.45, 7) is 25.8. The van der Waals surface area contributed by atoms with Crippen LogP contribution in [0.5, 0.6) is 0 Å². The minimum absolute atomic E-state index is 0.000910. The quantitative estimate of drug-likeness (QED) is 0.0378. The molecule has 7 atom stereocenters. The topological polar surface area (TPSA) is 124 Å². The van der Waals surface area contributed by atoms with Crippen LogP contribution in [0.1, 0.15) is 346 Å². The van der Waals surface area contributed by atoms with Crippen LogP contribution in [0.3, 0.4) is 0 Å². The number of aliphatic hydroxyl groups is 1. The van der Waals surface area contributed by atoms with E-state index in [9.17, 15) is 29.1 Å². The summed E-state index contributed by atoms with van der Waals surface area (Å²) in [5.74, 6) is 2.51. The Balaban J connectivity index is 0.000000538. The van der Waals surface area contributed by atoms with Gasteiger partial charge in [0.05, 0.1) is 6.10 Å². The molecule has 0 aromatic carbocycles. The molecule has 85 heavy (non-hydrogen) atoms. The minimum Gasteiger partial charge on any atom is -0.462 e. The summed E-state index contributed by atoms with van der Waals surface area (Å²) in [5.41, 5.74) is 8.72. The number of allylic oxidation sites excluding steroid dienone is 12. The number of Topliss-reactive ketones (excluding diaryl/α,β-unsaturated/α-hetero) is 3. The Bertz CT molecular complexity index is 2000. The van der Waals surface area contributed by atoms with E-state index in [0.717, 1.165) is 122 Å². The minimum atomic E-state index is -0.0498. The summed E-state index contributed by atoms with van der Waals surface area (Å²) in [5, 5.41) is 9.83. The highest BCUT2D eigenvalue weighted by Gasteiger charge is 2.34. The summed E-state index contributed by atoms with van der Waals surface area (Å²) >= 11 is 0. The van der Waals surface area contributed by atoms with Crippen LogP contribution in [0.15, 0.2) is 69.9 Å². The van der Waals surface area contributed by atoms with Crippen molar-refractivity contribution in [2.75, 3.05) is 0 Å². The van der Waals surface area contributed by atoms with Crippen LogP contribution in [0.4, 0.5) is 0 Å². The molecule has 5 aliphatic rings. The molecule has 488 valence electrons. The molecule has 3 saturated carbocycles. The zero-order valence-corrected chi connectivity index (χ0v) is 57.3. The van der Waals surface area contributed by atoms with Gasteiger partial charge in [0.1, 0.15) is 29.6 Å². The lowest BCUT2D eigenvalue weighted by atomic mass is 9.87. The maximum absolute atomic E-state index is 11.6. The predicted octanol–water partition coefficient (Wildman–Crippen LogP) is 22.1. The maximum atomic E-state index is 11.6. The lowest BCUT2D eigenvalue weighted by Gasteiger charge is -2.21. The van der Waals surface area contributed by atoms with Gasteiger partial charge in [-0.2, -0.15) is 0 Å². The van der Waals surface area contributed by atoms with Crippen molar-refractivity contribution in [2.24, 2.45) is 23.7 Å². The molecule has 7 unspecified atom stereocenters. The molecule has 3 aliphatic carbocycles. The summed E-state index contributed by atoms with van der Waals surface area (Å²) in [6.07, 6.45) is 59.8. The Morgan fingerprint density at radius 3 is 1.36 bits per heavy atom. The van der Waals surface area contributed by atoms with Gasteiger partial charge in [0.2, 0.25) is 0 Å². The molecule has 0 spiro atoms. The molecule has 8 nitrogen and oxygen atoms in total. The first kappa shape index (κ1) is 79.4. The second-order valence-corrected chi connectivity index (χ2v) is 26.9. The smallest absolute Gasteiger partial charge is 0.306 e. The molecule has 2 heterocycles. The number of unbranched alkanes of at least 4 members (excludes halogenated alkanes) is 11. The van der Waals surface area contributed by atoms with Crippen molar-refractivity contribution >= 4 is 29.3 Å². The van der Waals surface area contributed by atoms with Crippen LogP contribution in [0.25, 0.3) is 0 Å². The number of ether oxygens (including phenoxy) is 2. The van der Waals surface area contributed by atoms with E-state index in [4.69, 9.17) is 9.47 Å². The van der Waals surface area contributed by atoms with E-state index in [1.165, 1.54) is 149 Å². The fourth-order valence-electron chi connectivity index (χ4n) is 12.3. The van der Waals surface area contributed by atoms with Gasteiger partial charge < -0.3 is 19.4 Å². The van der Waals surface area contributed by atoms with Gasteiger partial charge in [-0.15, -0.1) is 0 Å². The summed E-state index contributed by atoms with van der Waals surface area (Å²) in [7, 11) is 0. The van der Waals surface area contributed by atoms with Crippen LogP contribution >= 0.6 is 0 Å². The molecule has 5 rings (SSSR count). The Labute approximate surface area is 523 Å². The van der Waals surface area contributed by atoms with Crippen molar-refractivity contribution in [3.63, 3.8) is 0 Å². The van der Waals surface area contributed by atoms with Crippen molar-refractivity contribution in [3.8, 4) is 0 Å². The van der Waals surface area contributed by atoms with E-state index in [0.29, 0.717) is 55.0 Å². The fraction of sp³-hybridized carbons (Fsp3) is 0.779. The van der Waals surface area contributed by atoms with Gasteiger partial charge >= 0.3 is 11.9 Å². The second kappa shape index (κ2) is 51.3. The maximum Gasteiger partial charge on any atom is 0.306 e. The molecule has 0 amide bonds. The first-order valence-corrected chi connectivity index (χ1v) is 35.3. The average Bonchev–Trinajstić information content (AvgIpc) is 4.44. The van der Waals surface area contributed by atoms with E-state index in [1.807, 2.05) is 0 Å². The zero-order valence-electron chi connectivity index (χ0n) is 57.3. The first-order chi connectivity index (χ1) is 40.8. The van der Waals surface area contributed by atoms with Crippen molar-refractivity contribution in [1.82, 2.24) is 0 Å². The molecule has 2 aliphatic heterocycles. The summed E-state index contributed by atoms with van der Waals surface area (Å²) in [4.78, 5) is 56.1. The van der Waals surface area contributed by atoms with Gasteiger partial charge in [-0.25, -0.2) is 0 Å². The number of carbonyl (C=O) groups is 5. The molecule has 0 aromatic rings. The number of rotatable bonds is 35. The number of cyclic esters (lactones) is 2. The normalized spacial score (nSPS) is 22.4. The SMILES string of the molecule is CC(C)=CCC/C(C)=C/CC/C(C)=C/CC1CCCC1=O.CC(C)=CCC/C(C)=C/CC/C(C)=C/CC1CCCC1O.CCCCCC1C(=O)CCC1CC(C)=O.CCCCCCCC1CCCC(=O)O1.CCCCCCCCC1CCC(=O)O1. The average molecular weight is 1190 g/mol. The molecule has 0 bridgehead atoms. The van der Waals surface area contributed by atoms with E-state index >= 15 is 0 Å². The van der Waals surface area contributed by atoms with Crippen LogP contribution < -0.4 is 0 Å². The van der Waals surface area contributed by atoms with Gasteiger partial charge in [-0.3, -0.25) is 19.2 Å². The summed E-state index contributed by atoms with van der Waals surface area (Å²) in [6, 6.07) is 0. The molecule has 5 fully saturated rings. The molecular weight excluding hydrogens is 1050 g/mol. The van der Waals surface area contributed by atoms with Gasteiger partial charge in [0.15, 0.2) is 0 Å². The fourth-order valence-corrected chi connectivity index (χ4v) is 12.3. The molecular formula is C77H132O8. The van der Waals surface area contributed by atoms with Crippen LogP contribution in [0.2, 0.25) is 0 Å². The molecule has 1 N–H and O–H groups in total. The standard InChI is InChI=1S/C20H34O.C20H32O.C13H22O2.2C12H22O2/c2*1-16(2)8-5-9-17(3)10-6-11-18(4)14-15-19-12-7-13-20(19)21;1-3-4-5-6-12-11(9-10(2)14)7-8-13(12)15;1-2-3-4-5-6-8-11-9-7-10-12(13)14-11;1-2-3-4-5-6-7-8-11-9-10-12(13)14-11/h8,10,14,19-21H,5-7,9,11-13,15H2,1-4H3;8,10,14,19H,5-7,9,11-13,15H2,1-4H3;11-12H,3-9H2,1-2H3;2*11H,2-10H2,1H3/b2*17-10+,18-14+;;;. The third-order valence-electron chi connectivity index (χ3n) is 17.9. The van der Waals surface area contributed by atoms with Crippen LogP contribution in [0, 0.1) is 23.7 Å². The lowest BCUT2D eigenvalue weighted by Crippen LogP contribution is -2.23. The Kier molecular flexibility index (Phi) is 47.9. The lowest BCUT2D eigenvalue weighted by molar-refractivity contribution is -0.154. The van der Waals surface area contributed by atoms with Crippen LogP contribution in [-0.4, -0.2) is 52.7 Å². The Morgan fingerprint density at radius 2 is 0.894 bits per heavy atom. The van der Waals surface area contributed by atoms with Crippen molar-refractivity contribution in [3.05, 3.63) is 69.9 Å². The Morgan fingerprint density at radius 1 is 0.435 bits per heavy atom. The van der Waals surface area contributed by atoms with E-state index < -0.39 is 0 Å². The Hall–Kier alpha value is -3.65. The number of ketones is 3. The van der Waals surface area contributed by atoms with Crippen molar-refractivity contribution < 1.29 is 38.6 Å². The number of aliphatic hydroxyl groups excluding tert-OH is 1. The number of hydrogen-bond donors (Lipinski definition) is 1. The third kappa shape index (κ3) is 43.6. The number of esters is 2. The largest absolute Gasteiger partial charge is 0.462 e. The monoisotopic (exact) mass is 1180 g/mol. The van der Waals surface area contributed by atoms with Gasteiger partial charge in [-0.05, 0) is 222 Å². The predicted molar refractivity (Wildman–Crippen MR) is 361 cm³/mol. The van der Waals surface area contributed by atoms with Crippen molar-refractivity contribution in [1.29, 1.82) is 0 Å². The third-order valence-corrected chi connectivity index (χ3v) is 17.9. The molecule has 0 radical (unpaired) electrons. The van der Waals surface area contributed by atoms with Gasteiger partial charge in [-0.1, -0.05) is 174 Å². The molecule has 0 aromatic heterocycles. The highest BCUT2D eigenvalue weighted by atomic mass is 16.6. The van der Waals surface area contributed by atoms with Crippen LogP contribution in [-0.2, 0) is 33.4 Å². The van der Waals surface area contributed by atoms with Gasteiger partial charge in [0, 0.05) is 43.9 Å².